The standard InChI is InChI=1S/C20H26N4O2/c25-19-4-2-10-23(19)14-16-3-1-9-24(15-16)20(26)7-12-22-11-6-17-5-8-21-13-18(17)22/h5-6,8,11,13,16H,1-4,7,9-10,12,14-15H2/t16-/m0/s1. The zero-order chi connectivity index (χ0) is 17.9. The number of hydrogen-bond acceptors (Lipinski definition) is 3. The molecular weight excluding hydrogens is 328 g/mol. The number of nitrogens with zero attached hydrogens (tertiary/aromatic N) is 4. The Bertz CT molecular complexity index is 800. The van der Waals surface area contributed by atoms with Crippen LogP contribution in [0, 0.1) is 5.92 Å². The summed E-state index contributed by atoms with van der Waals surface area (Å²) >= 11 is 0. The molecule has 0 N–H and O–H groups in total. The topological polar surface area (TPSA) is 58.4 Å². The Labute approximate surface area is 153 Å². The molecule has 0 aromatic carbocycles. The predicted octanol–water partition coefficient (Wildman–Crippen LogP) is 2.29. The van der Waals surface area contributed by atoms with Crippen molar-refractivity contribution in [1.29, 1.82) is 0 Å². The zero-order valence-electron chi connectivity index (χ0n) is 15.1. The van der Waals surface area contributed by atoms with Crippen LogP contribution in [0.1, 0.15) is 32.1 Å². The summed E-state index contributed by atoms with van der Waals surface area (Å²) in [5, 5.41) is 1.15. The summed E-state index contributed by atoms with van der Waals surface area (Å²) in [5.74, 6) is 0.918. The van der Waals surface area contributed by atoms with E-state index in [-0.39, 0.29) is 11.8 Å². The highest BCUT2D eigenvalue weighted by molar-refractivity contribution is 5.80. The lowest BCUT2D eigenvalue weighted by atomic mass is 9.97. The zero-order valence-corrected chi connectivity index (χ0v) is 15.1. The van der Waals surface area contributed by atoms with Gasteiger partial charge >= 0.3 is 0 Å². The summed E-state index contributed by atoms with van der Waals surface area (Å²) in [5.41, 5.74) is 1.07. The van der Waals surface area contributed by atoms with Crippen LogP contribution < -0.4 is 0 Å². The fraction of sp³-hybridized carbons (Fsp3) is 0.550. The number of likely N-dealkylation sites (tertiary alicyclic amines) is 2. The lowest BCUT2D eigenvalue weighted by molar-refractivity contribution is -0.133. The van der Waals surface area contributed by atoms with Gasteiger partial charge < -0.3 is 14.4 Å². The SMILES string of the molecule is O=C1CCCN1C[C@@H]1CCCN(C(=O)CCn2ccc3ccncc32)C1. The molecule has 138 valence electrons. The average molecular weight is 354 g/mol. The summed E-state index contributed by atoms with van der Waals surface area (Å²) in [6.45, 7) is 4.02. The van der Waals surface area contributed by atoms with Gasteiger partial charge in [0.2, 0.25) is 11.8 Å². The van der Waals surface area contributed by atoms with E-state index in [4.69, 9.17) is 0 Å². The van der Waals surface area contributed by atoms with Gasteiger partial charge in [-0.1, -0.05) is 0 Å². The van der Waals surface area contributed by atoms with Gasteiger partial charge in [0.05, 0.1) is 11.7 Å². The first-order valence-electron chi connectivity index (χ1n) is 9.65. The molecule has 0 radical (unpaired) electrons. The third-order valence-electron chi connectivity index (χ3n) is 5.66. The van der Waals surface area contributed by atoms with Crippen molar-refractivity contribution in [3.05, 3.63) is 30.7 Å². The van der Waals surface area contributed by atoms with E-state index in [1.165, 1.54) is 0 Å². The number of carbonyl (C=O) groups excluding carboxylic acids is 2. The fourth-order valence-electron chi connectivity index (χ4n) is 4.25. The molecule has 0 bridgehead atoms. The Morgan fingerprint density at radius 1 is 1.23 bits per heavy atom. The van der Waals surface area contributed by atoms with Crippen molar-refractivity contribution in [2.75, 3.05) is 26.2 Å². The average Bonchev–Trinajstić information content (AvgIpc) is 3.26. The number of fused-ring (bicyclic) bond motifs is 1. The molecule has 0 saturated carbocycles. The number of carbonyl (C=O) groups is 2. The first-order chi connectivity index (χ1) is 12.7. The number of piperidine rings is 1. The summed E-state index contributed by atoms with van der Waals surface area (Å²) < 4.78 is 2.10. The lowest BCUT2D eigenvalue weighted by Gasteiger charge is -2.34. The van der Waals surface area contributed by atoms with Crippen LogP contribution in [-0.2, 0) is 16.1 Å². The molecule has 2 fully saturated rings. The van der Waals surface area contributed by atoms with Crippen LogP contribution in [0.5, 0.6) is 0 Å². The molecule has 4 heterocycles. The maximum absolute atomic E-state index is 12.7. The highest BCUT2D eigenvalue weighted by Gasteiger charge is 2.28. The van der Waals surface area contributed by atoms with Crippen LogP contribution in [0.3, 0.4) is 0 Å². The molecule has 1 atom stereocenters. The van der Waals surface area contributed by atoms with Crippen molar-refractivity contribution in [3.63, 3.8) is 0 Å². The van der Waals surface area contributed by atoms with E-state index in [1.54, 1.807) is 6.20 Å². The van der Waals surface area contributed by atoms with E-state index in [1.807, 2.05) is 28.3 Å². The minimum Gasteiger partial charge on any atom is -0.346 e. The molecule has 0 aliphatic carbocycles. The van der Waals surface area contributed by atoms with Crippen LogP contribution in [0.2, 0.25) is 0 Å². The smallest absolute Gasteiger partial charge is 0.224 e. The van der Waals surface area contributed by atoms with Crippen molar-refractivity contribution < 1.29 is 9.59 Å². The second kappa shape index (κ2) is 7.48. The molecule has 2 amide bonds. The van der Waals surface area contributed by atoms with Crippen molar-refractivity contribution in [3.8, 4) is 0 Å². The molecule has 0 spiro atoms. The molecule has 0 unspecified atom stereocenters. The Balaban J connectivity index is 1.32. The summed E-state index contributed by atoms with van der Waals surface area (Å²) in [7, 11) is 0. The molecule has 6 nitrogen and oxygen atoms in total. The van der Waals surface area contributed by atoms with E-state index in [0.717, 1.165) is 56.3 Å². The Kier molecular flexibility index (Phi) is 4.91. The lowest BCUT2D eigenvalue weighted by Crippen LogP contribution is -2.44. The van der Waals surface area contributed by atoms with Gasteiger partial charge in [-0.25, -0.2) is 0 Å². The van der Waals surface area contributed by atoms with Crippen LogP contribution >= 0.6 is 0 Å². The molecular formula is C20H26N4O2. The second-order valence-electron chi connectivity index (χ2n) is 7.48. The summed E-state index contributed by atoms with van der Waals surface area (Å²) in [4.78, 5) is 32.7. The van der Waals surface area contributed by atoms with E-state index < -0.39 is 0 Å². The van der Waals surface area contributed by atoms with Gasteiger partial charge in [0.15, 0.2) is 0 Å². The molecule has 6 heteroatoms. The van der Waals surface area contributed by atoms with Crippen LogP contribution in [0.15, 0.2) is 30.7 Å². The van der Waals surface area contributed by atoms with E-state index in [2.05, 4.69) is 15.6 Å². The molecule has 4 rings (SSSR count). The normalized spacial score (nSPS) is 20.9. The second-order valence-corrected chi connectivity index (χ2v) is 7.48. The number of rotatable bonds is 5. The van der Waals surface area contributed by atoms with Crippen LogP contribution in [-0.4, -0.2) is 57.3 Å². The van der Waals surface area contributed by atoms with Gasteiger partial charge in [0.25, 0.3) is 0 Å². The molecule has 2 saturated heterocycles. The monoisotopic (exact) mass is 354 g/mol. The number of amides is 2. The minimum atomic E-state index is 0.216. The van der Waals surface area contributed by atoms with Crippen LogP contribution in [0.25, 0.3) is 10.9 Å². The van der Waals surface area contributed by atoms with Gasteiger partial charge in [0.1, 0.15) is 0 Å². The summed E-state index contributed by atoms with van der Waals surface area (Å²) in [6.07, 6.45) is 9.99. The summed E-state index contributed by atoms with van der Waals surface area (Å²) in [6, 6.07) is 4.05. The fourth-order valence-corrected chi connectivity index (χ4v) is 4.25. The maximum Gasteiger partial charge on any atom is 0.224 e. The largest absolute Gasteiger partial charge is 0.346 e. The minimum absolute atomic E-state index is 0.216. The van der Waals surface area contributed by atoms with Crippen molar-refractivity contribution in [2.24, 2.45) is 5.92 Å². The third kappa shape index (κ3) is 3.59. The van der Waals surface area contributed by atoms with E-state index >= 15 is 0 Å². The molecule has 2 aliphatic rings. The van der Waals surface area contributed by atoms with Crippen molar-refractivity contribution in [1.82, 2.24) is 19.4 Å². The number of aromatic nitrogens is 2. The number of aryl methyl sites for hydroxylation is 1. The number of hydrogen-bond donors (Lipinski definition) is 0. The van der Waals surface area contributed by atoms with Crippen molar-refractivity contribution >= 4 is 22.7 Å². The molecule has 2 aliphatic heterocycles. The molecule has 26 heavy (non-hydrogen) atoms. The maximum atomic E-state index is 12.7. The Morgan fingerprint density at radius 2 is 2.15 bits per heavy atom. The Hall–Kier alpha value is -2.37. The predicted molar refractivity (Wildman–Crippen MR) is 99.5 cm³/mol. The number of pyridine rings is 1. The van der Waals surface area contributed by atoms with Gasteiger partial charge in [-0.15, -0.1) is 0 Å². The quantitative estimate of drug-likeness (QED) is 0.828. The molecule has 2 aromatic rings. The van der Waals surface area contributed by atoms with Crippen LogP contribution in [0.4, 0.5) is 0 Å². The van der Waals surface area contributed by atoms with Gasteiger partial charge in [-0.2, -0.15) is 0 Å². The van der Waals surface area contributed by atoms with E-state index in [9.17, 15) is 9.59 Å². The molecule has 2 aromatic heterocycles. The van der Waals surface area contributed by atoms with Gasteiger partial charge in [-0.3, -0.25) is 14.6 Å². The van der Waals surface area contributed by atoms with Gasteiger partial charge in [-0.05, 0) is 37.3 Å². The first-order valence-corrected chi connectivity index (χ1v) is 9.65. The first kappa shape index (κ1) is 17.1. The third-order valence-corrected chi connectivity index (χ3v) is 5.66. The highest BCUT2D eigenvalue weighted by atomic mass is 16.2. The Morgan fingerprint density at radius 3 is 3.00 bits per heavy atom. The van der Waals surface area contributed by atoms with Crippen molar-refractivity contribution in [2.45, 2.75) is 38.6 Å². The highest BCUT2D eigenvalue weighted by Crippen LogP contribution is 2.21. The van der Waals surface area contributed by atoms with Gasteiger partial charge in [0, 0.05) is 63.3 Å². The van der Waals surface area contributed by atoms with E-state index in [0.29, 0.717) is 25.3 Å².